The lowest BCUT2D eigenvalue weighted by Gasteiger charge is -2.22. The Morgan fingerprint density at radius 3 is 2.81 bits per heavy atom. The van der Waals surface area contributed by atoms with Crippen molar-refractivity contribution in [2.75, 3.05) is 46.6 Å². The quantitative estimate of drug-likeness (QED) is 0.352. The van der Waals surface area contributed by atoms with E-state index in [9.17, 15) is 0 Å². The van der Waals surface area contributed by atoms with Crippen molar-refractivity contribution in [1.82, 2.24) is 10.6 Å². The van der Waals surface area contributed by atoms with Gasteiger partial charge in [-0.05, 0) is 55.7 Å². The van der Waals surface area contributed by atoms with E-state index in [1.165, 1.54) is 18.4 Å². The minimum atomic E-state index is 0.258. The van der Waals surface area contributed by atoms with Gasteiger partial charge in [-0.2, -0.15) is 0 Å². The molecule has 6 heteroatoms. The van der Waals surface area contributed by atoms with Crippen molar-refractivity contribution < 1.29 is 9.47 Å². The molecule has 0 radical (unpaired) electrons. The van der Waals surface area contributed by atoms with Crippen LogP contribution < -0.4 is 10.6 Å². The van der Waals surface area contributed by atoms with Gasteiger partial charge < -0.3 is 20.1 Å². The van der Waals surface area contributed by atoms with Gasteiger partial charge in [-0.15, -0.1) is 0 Å². The summed E-state index contributed by atoms with van der Waals surface area (Å²) >= 11 is 3.58. The fourth-order valence-corrected chi connectivity index (χ4v) is 3.95. The number of halogens is 1. The predicted molar refractivity (Wildman–Crippen MR) is 113 cm³/mol. The molecule has 0 aromatic heterocycles. The zero-order valence-corrected chi connectivity index (χ0v) is 17.9. The van der Waals surface area contributed by atoms with Gasteiger partial charge in [0, 0.05) is 56.5 Å². The van der Waals surface area contributed by atoms with E-state index in [4.69, 9.17) is 9.47 Å². The highest BCUT2D eigenvalue weighted by Crippen LogP contribution is 2.48. The van der Waals surface area contributed by atoms with Gasteiger partial charge in [0.2, 0.25) is 0 Å². The minimum Gasteiger partial charge on any atom is -0.381 e. The Bertz CT molecular complexity index is 613. The molecule has 150 valence electrons. The van der Waals surface area contributed by atoms with Crippen LogP contribution in [0.4, 0.5) is 0 Å². The summed E-state index contributed by atoms with van der Waals surface area (Å²) in [6.45, 7) is 5.23. The number of ether oxygens (including phenoxy) is 2. The van der Waals surface area contributed by atoms with Crippen LogP contribution in [0.3, 0.4) is 0 Å². The fourth-order valence-electron chi connectivity index (χ4n) is 3.55. The Morgan fingerprint density at radius 2 is 2.11 bits per heavy atom. The first kappa shape index (κ1) is 20.6. The topological polar surface area (TPSA) is 54.9 Å². The summed E-state index contributed by atoms with van der Waals surface area (Å²) in [6, 6.07) is 8.66. The van der Waals surface area contributed by atoms with E-state index in [1.807, 2.05) is 7.05 Å². The van der Waals surface area contributed by atoms with Crippen LogP contribution in [0.2, 0.25) is 0 Å². The first-order valence-electron chi connectivity index (χ1n) is 10.1. The molecule has 2 aliphatic rings. The number of nitrogens with zero attached hydrogens (tertiary/aromatic N) is 1. The van der Waals surface area contributed by atoms with E-state index in [0.29, 0.717) is 5.92 Å². The summed E-state index contributed by atoms with van der Waals surface area (Å²) in [6.07, 6.45) is 5.71. The molecule has 2 fully saturated rings. The molecule has 5 nitrogen and oxygen atoms in total. The molecule has 3 rings (SSSR count). The summed E-state index contributed by atoms with van der Waals surface area (Å²) in [5.41, 5.74) is 1.66. The Kier molecular flexibility index (Phi) is 7.97. The number of rotatable bonds is 9. The molecule has 0 unspecified atom stereocenters. The highest BCUT2D eigenvalue weighted by molar-refractivity contribution is 9.10. The average molecular weight is 438 g/mol. The Hall–Kier alpha value is -1.11. The van der Waals surface area contributed by atoms with Crippen LogP contribution in [-0.4, -0.2) is 52.5 Å². The molecule has 0 bridgehead atoms. The molecule has 2 N–H and O–H groups in total. The molecule has 0 atom stereocenters. The van der Waals surface area contributed by atoms with Gasteiger partial charge in [0.25, 0.3) is 0 Å². The second-order valence-corrected chi connectivity index (χ2v) is 8.54. The monoisotopic (exact) mass is 437 g/mol. The lowest BCUT2D eigenvalue weighted by atomic mass is 9.96. The van der Waals surface area contributed by atoms with E-state index >= 15 is 0 Å². The smallest absolute Gasteiger partial charge is 0.191 e. The van der Waals surface area contributed by atoms with Crippen LogP contribution in [0.5, 0.6) is 0 Å². The number of guanidine groups is 1. The number of hydrogen-bond acceptors (Lipinski definition) is 3. The van der Waals surface area contributed by atoms with Crippen LogP contribution in [0.1, 0.15) is 37.7 Å². The van der Waals surface area contributed by atoms with Crippen LogP contribution >= 0.6 is 15.9 Å². The Labute approximate surface area is 171 Å². The standard InChI is InChI=1S/C21H32BrN3O2/c1-23-20(24-10-3-11-27-15-17-6-12-26-13-7-17)25-16-21(8-9-21)18-4-2-5-19(22)14-18/h2,4-5,14,17H,3,6-13,15-16H2,1H3,(H2,23,24,25). The number of aliphatic imine (C=N–C) groups is 1. The van der Waals surface area contributed by atoms with Gasteiger partial charge in [0.05, 0.1) is 0 Å². The molecule has 27 heavy (non-hydrogen) atoms. The third-order valence-corrected chi connectivity index (χ3v) is 6.05. The zero-order valence-electron chi connectivity index (χ0n) is 16.3. The van der Waals surface area contributed by atoms with E-state index in [2.05, 4.69) is 55.8 Å². The molecule has 1 saturated heterocycles. The molecule has 1 aliphatic heterocycles. The van der Waals surface area contributed by atoms with Crippen molar-refractivity contribution in [1.29, 1.82) is 0 Å². The van der Waals surface area contributed by atoms with Crippen molar-refractivity contribution in [3.63, 3.8) is 0 Å². The number of hydrogen-bond donors (Lipinski definition) is 2. The van der Waals surface area contributed by atoms with Gasteiger partial charge in [-0.1, -0.05) is 28.1 Å². The SMILES string of the molecule is CN=C(NCCCOCC1CCOCC1)NCC1(c2cccc(Br)c2)CC1. The Morgan fingerprint density at radius 1 is 1.30 bits per heavy atom. The molecule has 0 amide bonds. The van der Waals surface area contributed by atoms with E-state index < -0.39 is 0 Å². The lowest BCUT2D eigenvalue weighted by molar-refractivity contribution is 0.0203. The molecule has 1 heterocycles. The van der Waals surface area contributed by atoms with Gasteiger partial charge in [-0.3, -0.25) is 4.99 Å². The molecule has 1 saturated carbocycles. The predicted octanol–water partition coefficient (Wildman–Crippen LogP) is 3.48. The first-order valence-corrected chi connectivity index (χ1v) is 10.9. The molecule has 1 aromatic carbocycles. The fraction of sp³-hybridized carbons (Fsp3) is 0.667. The van der Waals surface area contributed by atoms with Crippen molar-refractivity contribution in [3.8, 4) is 0 Å². The summed E-state index contributed by atoms with van der Waals surface area (Å²) in [7, 11) is 1.83. The largest absolute Gasteiger partial charge is 0.381 e. The average Bonchev–Trinajstić information content (AvgIpc) is 3.49. The normalized spacial score (nSPS) is 19.7. The highest BCUT2D eigenvalue weighted by Gasteiger charge is 2.44. The van der Waals surface area contributed by atoms with Gasteiger partial charge in [0.1, 0.15) is 0 Å². The van der Waals surface area contributed by atoms with Crippen molar-refractivity contribution in [2.45, 2.75) is 37.5 Å². The van der Waals surface area contributed by atoms with Crippen LogP contribution in [0, 0.1) is 5.92 Å². The third-order valence-electron chi connectivity index (χ3n) is 5.56. The summed E-state index contributed by atoms with van der Waals surface area (Å²) in [4.78, 5) is 4.35. The van der Waals surface area contributed by atoms with E-state index in [-0.39, 0.29) is 5.41 Å². The Balaban J connectivity index is 1.30. The highest BCUT2D eigenvalue weighted by atomic mass is 79.9. The van der Waals surface area contributed by atoms with E-state index in [0.717, 1.165) is 69.2 Å². The van der Waals surface area contributed by atoms with E-state index in [1.54, 1.807) is 0 Å². The molecule has 0 spiro atoms. The van der Waals surface area contributed by atoms with Gasteiger partial charge in [-0.25, -0.2) is 0 Å². The molecular formula is C21H32BrN3O2. The second-order valence-electron chi connectivity index (χ2n) is 7.63. The maximum atomic E-state index is 5.82. The van der Waals surface area contributed by atoms with Crippen LogP contribution in [-0.2, 0) is 14.9 Å². The number of benzene rings is 1. The van der Waals surface area contributed by atoms with Crippen molar-refractivity contribution in [2.24, 2.45) is 10.9 Å². The summed E-state index contributed by atoms with van der Waals surface area (Å²) in [5, 5.41) is 6.90. The molecule has 1 aliphatic carbocycles. The minimum absolute atomic E-state index is 0.258. The van der Waals surface area contributed by atoms with Crippen molar-refractivity contribution >= 4 is 21.9 Å². The lowest BCUT2D eigenvalue weighted by Crippen LogP contribution is -2.41. The van der Waals surface area contributed by atoms with Crippen molar-refractivity contribution in [3.05, 3.63) is 34.3 Å². The number of nitrogens with one attached hydrogen (secondary N) is 2. The summed E-state index contributed by atoms with van der Waals surface area (Å²) < 4.78 is 12.3. The maximum Gasteiger partial charge on any atom is 0.191 e. The van der Waals surface area contributed by atoms with Gasteiger partial charge >= 0.3 is 0 Å². The maximum absolute atomic E-state index is 5.82. The van der Waals surface area contributed by atoms with Crippen LogP contribution in [0.15, 0.2) is 33.7 Å². The molecule has 1 aromatic rings. The first-order chi connectivity index (χ1) is 13.2. The second kappa shape index (κ2) is 10.4. The van der Waals surface area contributed by atoms with Crippen LogP contribution in [0.25, 0.3) is 0 Å². The molecular weight excluding hydrogens is 406 g/mol. The summed E-state index contributed by atoms with van der Waals surface area (Å²) in [5.74, 6) is 1.55. The van der Waals surface area contributed by atoms with Gasteiger partial charge in [0.15, 0.2) is 5.96 Å². The third kappa shape index (κ3) is 6.47. The zero-order chi connectivity index (χ0) is 19.0.